The lowest BCUT2D eigenvalue weighted by Gasteiger charge is -2.41. The Bertz CT molecular complexity index is 1160. The van der Waals surface area contributed by atoms with Crippen molar-refractivity contribution in [3.8, 4) is 11.5 Å². The van der Waals surface area contributed by atoms with E-state index in [1.54, 1.807) is 14.2 Å². The van der Waals surface area contributed by atoms with E-state index in [-0.39, 0.29) is 11.7 Å². The minimum Gasteiger partial charge on any atom is -0.493 e. The fourth-order valence-electron chi connectivity index (χ4n) is 6.18. The molecule has 1 atom stereocenters. The van der Waals surface area contributed by atoms with Crippen molar-refractivity contribution in [2.45, 2.75) is 37.9 Å². The summed E-state index contributed by atoms with van der Waals surface area (Å²) in [6, 6.07) is 25.3. The fraction of sp³-hybridized carbons (Fsp3) is 0.471. The second-order valence-corrected chi connectivity index (χ2v) is 10.8. The molecular weight excluding hydrogens is 500 g/mol. The van der Waals surface area contributed by atoms with Crippen molar-refractivity contribution >= 4 is 0 Å². The van der Waals surface area contributed by atoms with E-state index in [4.69, 9.17) is 18.9 Å². The summed E-state index contributed by atoms with van der Waals surface area (Å²) in [6.45, 7) is 9.93. The Labute approximate surface area is 239 Å². The van der Waals surface area contributed by atoms with Crippen molar-refractivity contribution in [1.82, 2.24) is 9.80 Å². The Hall–Kier alpha value is -2.90. The molecule has 6 heteroatoms. The maximum absolute atomic E-state index is 6.52. The molecule has 1 saturated heterocycles. The Morgan fingerprint density at radius 1 is 0.800 bits per heavy atom. The van der Waals surface area contributed by atoms with Gasteiger partial charge in [-0.2, -0.15) is 0 Å². The minimum atomic E-state index is -0.276. The summed E-state index contributed by atoms with van der Waals surface area (Å²) in [5.41, 5.74) is 4.71. The van der Waals surface area contributed by atoms with Gasteiger partial charge in [0, 0.05) is 39.3 Å². The molecule has 0 radical (unpaired) electrons. The summed E-state index contributed by atoms with van der Waals surface area (Å²) in [7, 11) is 3.41. The Morgan fingerprint density at radius 3 is 1.95 bits per heavy atom. The van der Waals surface area contributed by atoms with Gasteiger partial charge in [-0.25, -0.2) is 0 Å². The Morgan fingerprint density at radius 2 is 1.38 bits per heavy atom. The van der Waals surface area contributed by atoms with Crippen molar-refractivity contribution in [2.24, 2.45) is 0 Å². The molecule has 0 bridgehead atoms. The SMILES string of the molecule is CCC1(CCN2CCN(CCOC(c3ccccc3)c3ccccc3)CC2)OCCc2cc(OC)c(OC)cc21. The van der Waals surface area contributed by atoms with Gasteiger partial charge in [0.15, 0.2) is 11.5 Å². The Balaban J connectivity index is 1.13. The lowest BCUT2D eigenvalue weighted by atomic mass is 9.81. The van der Waals surface area contributed by atoms with Crippen molar-refractivity contribution < 1.29 is 18.9 Å². The highest BCUT2D eigenvalue weighted by atomic mass is 16.5. The normalized spacial score (nSPS) is 19.9. The van der Waals surface area contributed by atoms with E-state index in [0.29, 0.717) is 6.61 Å². The molecule has 0 N–H and O–H groups in total. The molecule has 40 heavy (non-hydrogen) atoms. The van der Waals surface area contributed by atoms with E-state index in [1.807, 2.05) is 0 Å². The van der Waals surface area contributed by atoms with Crippen LogP contribution in [-0.4, -0.2) is 76.5 Å². The van der Waals surface area contributed by atoms with Gasteiger partial charge in [-0.15, -0.1) is 0 Å². The van der Waals surface area contributed by atoms with Gasteiger partial charge in [0.05, 0.1) is 33.0 Å². The van der Waals surface area contributed by atoms with Gasteiger partial charge in [-0.3, -0.25) is 4.90 Å². The molecule has 3 aromatic rings. The average molecular weight is 545 g/mol. The number of benzene rings is 3. The van der Waals surface area contributed by atoms with Crippen LogP contribution in [-0.2, 0) is 21.5 Å². The molecule has 2 aliphatic rings. The fourth-order valence-corrected chi connectivity index (χ4v) is 6.18. The summed E-state index contributed by atoms with van der Waals surface area (Å²) >= 11 is 0. The summed E-state index contributed by atoms with van der Waals surface area (Å²) in [6.07, 6.45) is 2.79. The predicted octanol–water partition coefficient (Wildman–Crippen LogP) is 5.70. The number of ether oxygens (including phenoxy) is 4. The van der Waals surface area contributed by atoms with E-state index < -0.39 is 0 Å². The highest BCUT2D eigenvalue weighted by molar-refractivity contribution is 5.50. The number of hydrogen-bond donors (Lipinski definition) is 0. The molecule has 1 unspecified atom stereocenters. The molecule has 2 aliphatic heterocycles. The molecule has 1 fully saturated rings. The standard InChI is InChI=1S/C34H44N2O4/c1-4-34(30-26-32(38-3)31(37-2)25-29(30)15-23-40-34)16-17-35-18-20-36(21-19-35)22-24-39-33(27-11-7-5-8-12-27)28-13-9-6-10-14-28/h5-14,25-26,33H,4,15-24H2,1-3H3. The first-order valence-corrected chi connectivity index (χ1v) is 14.7. The number of fused-ring (bicyclic) bond motifs is 1. The summed E-state index contributed by atoms with van der Waals surface area (Å²) in [5, 5.41) is 0. The van der Waals surface area contributed by atoms with Crippen molar-refractivity contribution in [1.29, 1.82) is 0 Å². The third-order valence-electron chi connectivity index (χ3n) is 8.61. The van der Waals surface area contributed by atoms with Gasteiger partial charge in [0.2, 0.25) is 0 Å². The third kappa shape index (κ3) is 6.52. The molecule has 0 aliphatic carbocycles. The molecule has 214 valence electrons. The van der Waals surface area contributed by atoms with Gasteiger partial charge in [-0.05, 0) is 53.6 Å². The predicted molar refractivity (Wildman–Crippen MR) is 159 cm³/mol. The van der Waals surface area contributed by atoms with Crippen LogP contribution in [0.3, 0.4) is 0 Å². The first-order chi connectivity index (χ1) is 19.7. The number of methoxy groups -OCH3 is 2. The molecule has 0 spiro atoms. The molecule has 0 aromatic heterocycles. The summed E-state index contributed by atoms with van der Waals surface area (Å²) in [5.74, 6) is 1.58. The molecule has 5 rings (SSSR count). The van der Waals surface area contributed by atoms with E-state index in [9.17, 15) is 0 Å². The smallest absolute Gasteiger partial charge is 0.161 e. The van der Waals surface area contributed by atoms with Crippen molar-refractivity contribution in [2.75, 3.05) is 66.7 Å². The summed E-state index contributed by atoms with van der Waals surface area (Å²) in [4.78, 5) is 5.12. The number of hydrogen-bond acceptors (Lipinski definition) is 6. The van der Waals surface area contributed by atoms with Crippen LogP contribution in [0.1, 0.15) is 48.1 Å². The largest absolute Gasteiger partial charge is 0.493 e. The van der Waals surface area contributed by atoms with Crippen LogP contribution in [0.5, 0.6) is 11.5 Å². The zero-order chi connectivity index (χ0) is 27.8. The maximum Gasteiger partial charge on any atom is 0.161 e. The number of nitrogens with zero attached hydrogens (tertiary/aromatic N) is 2. The first-order valence-electron chi connectivity index (χ1n) is 14.7. The van der Waals surface area contributed by atoms with Gasteiger partial charge < -0.3 is 23.8 Å². The van der Waals surface area contributed by atoms with Gasteiger partial charge in [-0.1, -0.05) is 67.6 Å². The maximum atomic E-state index is 6.52. The molecular formula is C34H44N2O4. The van der Waals surface area contributed by atoms with Crippen LogP contribution < -0.4 is 9.47 Å². The van der Waals surface area contributed by atoms with Crippen LogP contribution in [0.2, 0.25) is 0 Å². The van der Waals surface area contributed by atoms with Crippen LogP contribution in [0, 0.1) is 0 Å². The highest BCUT2D eigenvalue weighted by Crippen LogP contribution is 2.43. The molecule has 0 amide bonds. The number of rotatable bonds is 12. The van der Waals surface area contributed by atoms with Crippen molar-refractivity contribution in [3.63, 3.8) is 0 Å². The van der Waals surface area contributed by atoms with Crippen LogP contribution in [0.15, 0.2) is 72.8 Å². The monoisotopic (exact) mass is 544 g/mol. The second kappa shape index (κ2) is 13.6. The van der Waals surface area contributed by atoms with Crippen LogP contribution in [0.25, 0.3) is 0 Å². The lowest BCUT2D eigenvalue weighted by molar-refractivity contribution is -0.0757. The van der Waals surface area contributed by atoms with E-state index >= 15 is 0 Å². The lowest BCUT2D eigenvalue weighted by Crippen LogP contribution is -2.49. The van der Waals surface area contributed by atoms with Gasteiger partial charge >= 0.3 is 0 Å². The zero-order valence-electron chi connectivity index (χ0n) is 24.3. The summed E-state index contributed by atoms with van der Waals surface area (Å²) < 4.78 is 24.2. The topological polar surface area (TPSA) is 43.4 Å². The third-order valence-corrected chi connectivity index (χ3v) is 8.61. The minimum absolute atomic E-state index is 0.0362. The van der Waals surface area contributed by atoms with Crippen LogP contribution >= 0.6 is 0 Å². The quantitative estimate of drug-likeness (QED) is 0.292. The molecule has 0 saturated carbocycles. The second-order valence-electron chi connectivity index (χ2n) is 10.8. The Kier molecular flexibility index (Phi) is 9.76. The average Bonchev–Trinajstić information content (AvgIpc) is 3.02. The van der Waals surface area contributed by atoms with Gasteiger partial charge in [0.1, 0.15) is 6.10 Å². The van der Waals surface area contributed by atoms with E-state index in [0.717, 1.165) is 76.6 Å². The molecule has 2 heterocycles. The van der Waals surface area contributed by atoms with E-state index in [1.165, 1.54) is 22.3 Å². The molecule has 6 nitrogen and oxygen atoms in total. The van der Waals surface area contributed by atoms with E-state index in [2.05, 4.69) is 89.5 Å². The zero-order valence-corrected chi connectivity index (χ0v) is 24.3. The molecule has 3 aromatic carbocycles. The van der Waals surface area contributed by atoms with Crippen LogP contribution in [0.4, 0.5) is 0 Å². The number of piperazine rings is 1. The first kappa shape index (κ1) is 28.6. The van der Waals surface area contributed by atoms with Gasteiger partial charge in [0.25, 0.3) is 0 Å². The highest BCUT2D eigenvalue weighted by Gasteiger charge is 2.38. The van der Waals surface area contributed by atoms with Crippen molar-refractivity contribution in [3.05, 3.63) is 95.1 Å².